The van der Waals surface area contributed by atoms with Crippen molar-refractivity contribution >= 4 is 0 Å². The first kappa shape index (κ1) is 9.72. The summed E-state index contributed by atoms with van der Waals surface area (Å²) in [7, 11) is 0. The molecule has 0 unspecified atom stereocenters. The molecule has 0 heterocycles. The fourth-order valence-electron chi connectivity index (χ4n) is 1.50. The summed E-state index contributed by atoms with van der Waals surface area (Å²) in [5, 5.41) is 0. The molecule has 0 N–H and O–H groups in total. The first-order valence-corrected chi connectivity index (χ1v) is 5.48. The van der Waals surface area contributed by atoms with Gasteiger partial charge in [-0.1, -0.05) is 24.3 Å². The maximum Gasteiger partial charge on any atom is 0.0494 e. The van der Waals surface area contributed by atoms with Crippen molar-refractivity contribution in [2.75, 3.05) is 13.2 Å². The van der Waals surface area contributed by atoms with Crippen LogP contribution in [0.5, 0.6) is 0 Å². The van der Waals surface area contributed by atoms with Crippen LogP contribution in [0.2, 0.25) is 0 Å². The maximum atomic E-state index is 5.57. The molecule has 0 saturated heterocycles. The fraction of sp³-hybridized carbons (Fsp3) is 0.538. The molecular weight excluding hydrogens is 172 g/mol. The Bertz CT molecular complexity index is 251. The van der Waals surface area contributed by atoms with Crippen molar-refractivity contribution in [2.45, 2.75) is 25.7 Å². The summed E-state index contributed by atoms with van der Waals surface area (Å²) in [5.74, 6) is 0.890. The third kappa shape index (κ3) is 3.51. The Hall–Kier alpha value is -0.820. The highest BCUT2D eigenvalue weighted by molar-refractivity contribution is 5.13. The number of benzene rings is 1. The number of ether oxygens (including phenoxy) is 1. The van der Waals surface area contributed by atoms with E-state index in [-0.39, 0.29) is 0 Å². The zero-order valence-electron chi connectivity index (χ0n) is 8.54. The minimum Gasteiger partial charge on any atom is -0.381 e. The molecule has 1 nitrogen and oxygen atoms in total. The molecule has 0 aliphatic heterocycles. The molecule has 1 fully saturated rings. The van der Waals surface area contributed by atoms with Crippen LogP contribution in [0.3, 0.4) is 0 Å². The molecule has 1 heteroatoms. The molecule has 0 bridgehead atoms. The van der Waals surface area contributed by atoms with Gasteiger partial charge in [0.15, 0.2) is 0 Å². The molecule has 1 radical (unpaired) electrons. The lowest BCUT2D eigenvalue weighted by Gasteiger charge is -2.02. The number of aryl methyl sites for hydroxylation is 1. The van der Waals surface area contributed by atoms with E-state index in [2.05, 4.69) is 18.2 Å². The molecule has 1 saturated carbocycles. The van der Waals surface area contributed by atoms with Crippen LogP contribution in [0, 0.1) is 12.0 Å². The lowest BCUT2D eigenvalue weighted by atomic mass is 10.1. The predicted octanol–water partition coefficient (Wildman–Crippen LogP) is 2.85. The summed E-state index contributed by atoms with van der Waals surface area (Å²) >= 11 is 0. The van der Waals surface area contributed by atoms with E-state index in [9.17, 15) is 0 Å². The van der Waals surface area contributed by atoms with Crippen molar-refractivity contribution in [3.8, 4) is 0 Å². The highest BCUT2D eigenvalue weighted by Crippen LogP contribution is 2.28. The van der Waals surface area contributed by atoms with Crippen LogP contribution in [0.1, 0.15) is 24.8 Å². The van der Waals surface area contributed by atoms with E-state index < -0.39 is 0 Å². The Morgan fingerprint density at radius 2 is 2.07 bits per heavy atom. The molecule has 0 atom stereocenters. The number of hydrogen-bond acceptors (Lipinski definition) is 1. The standard InChI is InChI=1S/C13H17O/c1-2-5-12(6-3-1)7-4-10-14-11-13-8-9-13/h2-3,5-6,13H,4,7-11H2. The fourth-order valence-corrected chi connectivity index (χ4v) is 1.50. The van der Waals surface area contributed by atoms with Gasteiger partial charge in [0.25, 0.3) is 0 Å². The summed E-state index contributed by atoms with van der Waals surface area (Å²) in [4.78, 5) is 0. The smallest absolute Gasteiger partial charge is 0.0494 e. The summed E-state index contributed by atoms with van der Waals surface area (Å²) in [5.41, 5.74) is 1.39. The van der Waals surface area contributed by atoms with Gasteiger partial charge in [-0.2, -0.15) is 0 Å². The lowest BCUT2D eigenvalue weighted by Crippen LogP contribution is -1.99. The Morgan fingerprint density at radius 3 is 2.79 bits per heavy atom. The Morgan fingerprint density at radius 1 is 1.29 bits per heavy atom. The van der Waals surface area contributed by atoms with E-state index in [4.69, 9.17) is 4.74 Å². The summed E-state index contributed by atoms with van der Waals surface area (Å²) < 4.78 is 5.57. The largest absolute Gasteiger partial charge is 0.381 e. The minimum atomic E-state index is 0.890. The van der Waals surface area contributed by atoms with Crippen molar-refractivity contribution in [2.24, 2.45) is 5.92 Å². The van der Waals surface area contributed by atoms with Crippen LogP contribution in [0.25, 0.3) is 0 Å². The predicted molar refractivity (Wildman–Crippen MR) is 57.1 cm³/mol. The van der Waals surface area contributed by atoms with Gasteiger partial charge in [-0.25, -0.2) is 0 Å². The molecule has 14 heavy (non-hydrogen) atoms. The van der Waals surface area contributed by atoms with E-state index >= 15 is 0 Å². The van der Waals surface area contributed by atoms with Crippen LogP contribution in [-0.2, 0) is 11.2 Å². The minimum absolute atomic E-state index is 0.890. The Kier molecular flexibility index (Phi) is 3.58. The molecule has 1 aromatic rings. The number of rotatable bonds is 6. The second kappa shape index (κ2) is 5.16. The van der Waals surface area contributed by atoms with Crippen LogP contribution in [0.15, 0.2) is 24.3 Å². The normalized spacial score (nSPS) is 15.7. The topological polar surface area (TPSA) is 9.23 Å². The van der Waals surface area contributed by atoms with Gasteiger partial charge in [0.05, 0.1) is 0 Å². The van der Waals surface area contributed by atoms with Gasteiger partial charge in [-0.15, -0.1) is 0 Å². The highest BCUT2D eigenvalue weighted by atomic mass is 16.5. The highest BCUT2D eigenvalue weighted by Gasteiger charge is 2.20. The van der Waals surface area contributed by atoms with E-state index in [0.717, 1.165) is 32.0 Å². The van der Waals surface area contributed by atoms with Gasteiger partial charge in [0, 0.05) is 13.2 Å². The van der Waals surface area contributed by atoms with Crippen molar-refractivity contribution in [3.05, 3.63) is 35.9 Å². The van der Waals surface area contributed by atoms with Crippen LogP contribution in [0.4, 0.5) is 0 Å². The molecule has 0 aromatic heterocycles. The van der Waals surface area contributed by atoms with Crippen molar-refractivity contribution in [1.29, 1.82) is 0 Å². The van der Waals surface area contributed by atoms with Crippen molar-refractivity contribution < 1.29 is 4.74 Å². The summed E-state index contributed by atoms with van der Waals surface area (Å²) in [6.45, 7) is 1.90. The van der Waals surface area contributed by atoms with Crippen molar-refractivity contribution in [3.63, 3.8) is 0 Å². The average Bonchev–Trinajstić information content (AvgIpc) is 3.03. The second-order valence-electron chi connectivity index (χ2n) is 4.03. The van der Waals surface area contributed by atoms with Gasteiger partial charge in [-0.3, -0.25) is 0 Å². The van der Waals surface area contributed by atoms with Crippen LogP contribution >= 0.6 is 0 Å². The molecule has 2 rings (SSSR count). The Balaban J connectivity index is 1.54. The van der Waals surface area contributed by atoms with E-state index in [0.29, 0.717) is 0 Å². The zero-order valence-corrected chi connectivity index (χ0v) is 8.54. The SMILES string of the molecule is [c]1ccc(CCCOCC2CC2)cc1. The van der Waals surface area contributed by atoms with Crippen molar-refractivity contribution in [1.82, 2.24) is 0 Å². The maximum absolute atomic E-state index is 5.57. The molecule has 75 valence electrons. The molecule has 1 aromatic carbocycles. The van der Waals surface area contributed by atoms with E-state index in [1.165, 1.54) is 18.4 Å². The Labute approximate surface area is 86.1 Å². The van der Waals surface area contributed by atoms with Gasteiger partial charge >= 0.3 is 0 Å². The quantitative estimate of drug-likeness (QED) is 0.625. The number of hydrogen-bond donors (Lipinski definition) is 0. The van der Waals surface area contributed by atoms with Gasteiger partial charge in [0.1, 0.15) is 0 Å². The molecule has 1 aliphatic carbocycles. The van der Waals surface area contributed by atoms with E-state index in [1.54, 1.807) is 0 Å². The summed E-state index contributed by atoms with van der Waals surface area (Å²) in [6, 6.07) is 11.2. The first-order chi connectivity index (χ1) is 6.95. The first-order valence-electron chi connectivity index (χ1n) is 5.48. The molecule has 1 aliphatic rings. The summed E-state index contributed by atoms with van der Waals surface area (Å²) in [6.07, 6.45) is 5.03. The van der Waals surface area contributed by atoms with Crippen LogP contribution in [-0.4, -0.2) is 13.2 Å². The van der Waals surface area contributed by atoms with Crippen LogP contribution < -0.4 is 0 Å². The zero-order chi connectivity index (χ0) is 9.64. The monoisotopic (exact) mass is 189 g/mol. The third-order valence-electron chi connectivity index (χ3n) is 2.59. The van der Waals surface area contributed by atoms with Gasteiger partial charge in [-0.05, 0) is 43.2 Å². The van der Waals surface area contributed by atoms with Gasteiger partial charge in [0.2, 0.25) is 0 Å². The molecule has 0 spiro atoms. The average molecular weight is 189 g/mol. The lowest BCUT2D eigenvalue weighted by molar-refractivity contribution is 0.122. The molecular formula is C13H17O. The third-order valence-corrected chi connectivity index (χ3v) is 2.59. The van der Waals surface area contributed by atoms with Gasteiger partial charge < -0.3 is 4.74 Å². The second-order valence-corrected chi connectivity index (χ2v) is 4.03. The molecule has 0 amide bonds. The van der Waals surface area contributed by atoms with E-state index in [1.807, 2.05) is 12.1 Å².